The summed E-state index contributed by atoms with van der Waals surface area (Å²) in [6.07, 6.45) is 0. The lowest BCUT2D eigenvalue weighted by atomic mass is 10.1. The Morgan fingerprint density at radius 1 is 1.39 bits per heavy atom. The summed E-state index contributed by atoms with van der Waals surface area (Å²) in [6.45, 7) is 6.19. The molecule has 0 aliphatic carbocycles. The SMILES string of the molecule is Cc1ccc(N2CC(C)N(C)C(CO)C2)cc1Cl. The summed E-state index contributed by atoms with van der Waals surface area (Å²) in [7, 11) is 2.07. The molecule has 0 amide bonds. The van der Waals surface area contributed by atoms with Crippen LogP contribution in [0.3, 0.4) is 0 Å². The third-order valence-corrected chi connectivity index (χ3v) is 4.33. The summed E-state index contributed by atoms with van der Waals surface area (Å²) in [5, 5.41) is 10.3. The molecule has 2 atom stereocenters. The van der Waals surface area contributed by atoms with E-state index in [1.54, 1.807) is 0 Å². The average Bonchev–Trinajstić information content (AvgIpc) is 2.36. The van der Waals surface area contributed by atoms with Gasteiger partial charge >= 0.3 is 0 Å². The van der Waals surface area contributed by atoms with Crippen LogP contribution in [0.2, 0.25) is 5.02 Å². The maximum atomic E-state index is 9.45. The highest BCUT2D eigenvalue weighted by atomic mass is 35.5. The van der Waals surface area contributed by atoms with Crippen LogP contribution in [0.15, 0.2) is 18.2 Å². The molecule has 18 heavy (non-hydrogen) atoms. The number of benzene rings is 1. The first-order valence-electron chi connectivity index (χ1n) is 6.37. The Kier molecular flexibility index (Phi) is 4.15. The molecular weight excluding hydrogens is 248 g/mol. The second-order valence-electron chi connectivity index (χ2n) is 5.19. The van der Waals surface area contributed by atoms with Gasteiger partial charge in [0.05, 0.1) is 12.6 Å². The number of aliphatic hydroxyl groups is 1. The van der Waals surface area contributed by atoms with E-state index in [9.17, 15) is 5.11 Å². The number of hydrogen-bond acceptors (Lipinski definition) is 3. The van der Waals surface area contributed by atoms with Gasteiger partial charge in [0, 0.05) is 29.8 Å². The number of halogens is 1. The van der Waals surface area contributed by atoms with E-state index in [4.69, 9.17) is 11.6 Å². The highest BCUT2D eigenvalue weighted by Gasteiger charge is 2.29. The van der Waals surface area contributed by atoms with Crippen LogP contribution in [0.25, 0.3) is 0 Å². The van der Waals surface area contributed by atoms with Crippen molar-refractivity contribution in [1.29, 1.82) is 0 Å². The van der Waals surface area contributed by atoms with Crippen LogP contribution < -0.4 is 4.90 Å². The minimum Gasteiger partial charge on any atom is -0.395 e. The summed E-state index contributed by atoms with van der Waals surface area (Å²) < 4.78 is 0. The number of hydrogen-bond donors (Lipinski definition) is 1. The molecule has 100 valence electrons. The van der Waals surface area contributed by atoms with Crippen LogP contribution in [-0.4, -0.2) is 48.8 Å². The lowest BCUT2D eigenvalue weighted by Crippen LogP contribution is -2.57. The summed E-state index contributed by atoms with van der Waals surface area (Å²) in [5.74, 6) is 0. The molecule has 2 rings (SSSR count). The number of aliphatic hydroxyl groups excluding tert-OH is 1. The molecule has 0 radical (unpaired) electrons. The van der Waals surface area contributed by atoms with Gasteiger partial charge in [-0.3, -0.25) is 4.90 Å². The Labute approximate surface area is 114 Å². The van der Waals surface area contributed by atoms with E-state index in [0.29, 0.717) is 6.04 Å². The van der Waals surface area contributed by atoms with Gasteiger partial charge in [-0.2, -0.15) is 0 Å². The fraction of sp³-hybridized carbons (Fsp3) is 0.571. The van der Waals surface area contributed by atoms with Crippen LogP contribution in [0.1, 0.15) is 12.5 Å². The smallest absolute Gasteiger partial charge is 0.0604 e. The number of likely N-dealkylation sites (N-methyl/N-ethyl adjacent to an activating group) is 1. The lowest BCUT2D eigenvalue weighted by Gasteiger charge is -2.44. The second kappa shape index (κ2) is 5.47. The topological polar surface area (TPSA) is 26.7 Å². The van der Waals surface area contributed by atoms with E-state index < -0.39 is 0 Å². The Balaban J connectivity index is 2.20. The standard InChI is InChI=1S/C14H21ClN2O/c1-10-4-5-12(6-14(10)15)17-7-11(2)16(3)13(8-17)9-18/h4-6,11,13,18H,7-9H2,1-3H3. The number of anilines is 1. The Bertz CT molecular complexity index is 424. The normalized spacial score (nSPS) is 25.5. The summed E-state index contributed by atoms with van der Waals surface area (Å²) in [4.78, 5) is 4.54. The monoisotopic (exact) mass is 268 g/mol. The van der Waals surface area contributed by atoms with Gasteiger partial charge in [0.1, 0.15) is 0 Å². The zero-order valence-electron chi connectivity index (χ0n) is 11.2. The molecule has 0 bridgehead atoms. The van der Waals surface area contributed by atoms with Gasteiger partial charge in [0.2, 0.25) is 0 Å². The van der Waals surface area contributed by atoms with Gasteiger partial charge in [-0.1, -0.05) is 17.7 Å². The van der Waals surface area contributed by atoms with Crippen molar-refractivity contribution in [2.75, 3.05) is 31.6 Å². The first-order valence-corrected chi connectivity index (χ1v) is 6.74. The predicted octanol–water partition coefficient (Wildman–Crippen LogP) is 2.15. The van der Waals surface area contributed by atoms with Gasteiger partial charge in [-0.15, -0.1) is 0 Å². The van der Waals surface area contributed by atoms with Crippen molar-refractivity contribution in [2.45, 2.75) is 25.9 Å². The molecule has 1 aromatic rings. The Morgan fingerprint density at radius 2 is 2.11 bits per heavy atom. The van der Waals surface area contributed by atoms with Crippen LogP contribution in [0, 0.1) is 6.92 Å². The molecule has 1 heterocycles. The first-order chi connectivity index (χ1) is 8.52. The van der Waals surface area contributed by atoms with Crippen molar-refractivity contribution in [3.8, 4) is 0 Å². The van der Waals surface area contributed by atoms with Crippen molar-refractivity contribution in [3.63, 3.8) is 0 Å². The van der Waals surface area contributed by atoms with Crippen LogP contribution in [-0.2, 0) is 0 Å². The summed E-state index contributed by atoms with van der Waals surface area (Å²) in [6, 6.07) is 6.79. The predicted molar refractivity (Wildman–Crippen MR) is 76.5 cm³/mol. The maximum Gasteiger partial charge on any atom is 0.0604 e. The quantitative estimate of drug-likeness (QED) is 0.890. The van der Waals surface area contributed by atoms with Crippen molar-refractivity contribution >= 4 is 17.3 Å². The van der Waals surface area contributed by atoms with Crippen LogP contribution in [0.5, 0.6) is 0 Å². The van der Waals surface area contributed by atoms with Crippen molar-refractivity contribution < 1.29 is 5.11 Å². The minimum absolute atomic E-state index is 0.189. The molecule has 0 spiro atoms. The van der Waals surface area contributed by atoms with Crippen LogP contribution >= 0.6 is 11.6 Å². The van der Waals surface area contributed by atoms with Gasteiger partial charge in [0.25, 0.3) is 0 Å². The van der Waals surface area contributed by atoms with Crippen molar-refractivity contribution in [1.82, 2.24) is 4.90 Å². The van der Waals surface area contributed by atoms with Gasteiger partial charge in [0.15, 0.2) is 0 Å². The molecule has 1 aromatic carbocycles. The average molecular weight is 269 g/mol. The third-order valence-electron chi connectivity index (χ3n) is 3.92. The molecule has 2 unspecified atom stereocenters. The van der Waals surface area contributed by atoms with E-state index >= 15 is 0 Å². The fourth-order valence-electron chi connectivity index (χ4n) is 2.44. The van der Waals surface area contributed by atoms with Gasteiger partial charge in [-0.25, -0.2) is 0 Å². The zero-order chi connectivity index (χ0) is 13.3. The second-order valence-corrected chi connectivity index (χ2v) is 5.60. The summed E-state index contributed by atoms with van der Waals surface area (Å²) >= 11 is 6.18. The molecule has 1 saturated heterocycles. The number of aryl methyl sites for hydroxylation is 1. The number of piperazine rings is 1. The maximum absolute atomic E-state index is 9.45. The van der Waals surface area contributed by atoms with E-state index in [1.807, 2.05) is 13.0 Å². The Morgan fingerprint density at radius 3 is 2.72 bits per heavy atom. The lowest BCUT2D eigenvalue weighted by molar-refractivity contribution is 0.0996. The van der Waals surface area contributed by atoms with Gasteiger partial charge < -0.3 is 10.0 Å². The molecular formula is C14H21ClN2O. The molecule has 0 saturated carbocycles. The molecule has 0 aromatic heterocycles. The fourth-order valence-corrected chi connectivity index (χ4v) is 2.62. The molecule has 1 N–H and O–H groups in total. The van der Waals surface area contributed by atoms with Crippen molar-refractivity contribution in [3.05, 3.63) is 28.8 Å². The zero-order valence-corrected chi connectivity index (χ0v) is 12.0. The first kappa shape index (κ1) is 13.7. The molecule has 3 nitrogen and oxygen atoms in total. The van der Waals surface area contributed by atoms with Gasteiger partial charge in [-0.05, 0) is 38.6 Å². The number of nitrogens with zero attached hydrogens (tertiary/aromatic N) is 2. The highest BCUT2D eigenvalue weighted by Crippen LogP contribution is 2.26. The molecule has 4 heteroatoms. The number of rotatable bonds is 2. The third kappa shape index (κ3) is 2.63. The minimum atomic E-state index is 0.189. The van der Waals surface area contributed by atoms with Crippen LogP contribution in [0.4, 0.5) is 5.69 Å². The molecule has 1 aliphatic heterocycles. The summed E-state index contributed by atoms with van der Waals surface area (Å²) in [5.41, 5.74) is 2.24. The van der Waals surface area contributed by atoms with Crippen molar-refractivity contribution in [2.24, 2.45) is 0 Å². The molecule has 1 aliphatic rings. The molecule has 1 fully saturated rings. The van der Waals surface area contributed by atoms with E-state index in [-0.39, 0.29) is 12.6 Å². The van der Waals surface area contributed by atoms with E-state index in [2.05, 4.69) is 35.9 Å². The van der Waals surface area contributed by atoms with E-state index in [0.717, 1.165) is 29.4 Å². The highest BCUT2D eigenvalue weighted by molar-refractivity contribution is 6.31. The largest absolute Gasteiger partial charge is 0.395 e. The van der Waals surface area contributed by atoms with E-state index in [1.165, 1.54) is 0 Å². The Hall–Kier alpha value is -0.770.